The zero-order valence-corrected chi connectivity index (χ0v) is 8.88. The Morgan fingerprint density at radius 2 is 1.88 bits per heavy atom. The number of rotatable bonds is 1. The molecule has 9 nitrogen and oxygen atoms in total. The van der Waals surface area contributed by atoms with Gasteiger partial charge >= 0.3 is 0 Å². The second-order valence-electron chi connectivity index (χ2n) is 2.50. The van der Waals surface area contributed by atoms with Gasteiger partial charge in [0.05, 0.1) is 0 Å². The molecule has 0 aliphatic rings. The van der Waals surface area contributed by atoms with Crippen LogP contribution in [-0.2, 0) is 0 Å². The van der Waals surface area contributed by atoms with Crippen molar-refractivity contribution >= 4 is 35.1 Å². The number of nitrogens with zero attached hydrogens (tertiary/aromatic N) is 2. The van der Waals surface area contributed by atoms with E-state index in [0.29, 0.717) is 0 Å². The van der Waals surface area contributed by atoms with Gasteiger partial charge < -0.3 is 23.4 Å². The Morgan fingerprint density at radius 1 is 1.31 bits per heavy atom. The van der Waals surface area contributed by atoms with Crippen LogP contribution in [0.3, 0.4) is 0 Å². The lowest BCUT2D eigenvalue weighted by Gasteiger charge is -2.05. The summed E-state index contributed by atoms with van der Waals surface area (Å²) < 4.78 is 0. The second-order valence-corrected chi connectivity index (χ2v) is 2.86. The van der Waals surface area contributed by atoms with Gasteiger partial charge in [0.25, 0.3) is 5.91 Å². The normalized spacial score (nSPS) is 9.06. The molecule has 1 heterocycles. The summed E-state index contributed by atoms with van der Waals surface area (Å²) in [5.74, 6) is -1.56. The van der Waals surface area contributed by atoms with Gasteiger partial charge in [-0.2, -0.15) is 0 Å². The molecule has 1 amide bonds. The zero-order chi connectivity index (χ0) is 11.6. The molecule has 0 bridgehead atoms. The highest BCUT2D eigenvalue weighted by atomic mass is 35.5. The maximum atomic E-state index is 11.3. The third kappa shape index (κ3) is 2.93. The number of carbonyl (C=O) groups is 1. The molecule has 0 aromatic carbocycles. The van der Waals surface area contributed by atoms with Crippen LogP contribution in [0.4, 0.5) is 11.6 Å². The van der Waals surface area contributed by atoms with E-state index >= 15 is 0 Å². The number of carbonyl (C=O) groups excluding carboxylic acids is 1. The van der Waals surface area contributed by atoms with Crippen molar-refractivity contribution in [2.45, 2.75) is 0 Å². The summed E-state index contributed by atoms with van der Waals surface area (Å²) in [7, 11) is 0. The highest BCUT2D eigenvalue weighted by Gasteiger charge is 2.15. The molecule has 11 N–H and O–H groups in total. The first-order valence-corrected chi connectivity index (χ1v) is 4.03. The first-order valence-electron chi connectivity index (χ1n) is 3.65. The predicted molar refractivity (Wildman–Crippen MR) is 60.3 cm³/mol. The van der Waals surface area contributed by atoms with E-state index < -0.39 is 11.9 Å². The number of aromatic nitrogens is 2. The number of guanidine groups is 1. The largest absolute Gasteiger partial charge is 0.382 e. The van der Waals surface area contributed by atoms with E-state index in [-0.39, 0.29) is 28.6 Å². The van der Waals surface area contributed by atoms with Crippen molar-refractivity contribution in [2.24, 2.45) is 5.73 Å². The smallest absolute Gasteiger partial charge is 0.280 e. The average Bonchev–Trinajstić information content (AvgIpc) is 2.09. The summed E-state index contributed by atoms with van der Waals surface area (Å²) in [6.07, 6.45) is 0. The van der Waals surface area contributed by atoms with E-state index in [1.807, 2.05) is 5.32 Å². The Hall–Kier alpha value is -2.13. The van der Waals surface area contributed by atoms with Gasteiger partial charge in [-0.3, -0.25) is 15.5 Å². The van der Waals surface area contributed by atoms with E-state index in [2.05, 4.69) is 9.97 Å². The summed E-state index contributed by atoms with van der Waals surface area (Å²) in [4.78, 5) is 18.5. The average molecular weight is 247 g/mol. The molecule has 0 unspecified atom stereocenters. The number of halogens is 1. The Balaban J connectivity index is 0.00000225. The van der Waals surface area contributed by atoms with Crippen LogP contribution in [0.1, 0.15) is 10.5 Å². The lowest BCUT2D eigenvalue weighted by atomic mass is 10.4. The molecule has 0 atom stereocenters. The van der Waals surface area contributed by atoms with Gasteiger partial charge in [0.15, 0.2) is 28.4 Å². The third-order valence-corrected chi connectivity index (χ3v) is 1.65. The quantitative estimate of drug-likeness (QED) is 0.272. The third-order valence-electron chi connectivity index (χ3n) is 1.37. The van der Waals surface area contributed by atoms with Crippen LogP contribution in [0.15, 0.2) is 0 Å². The molecule has 0 fully saturated rings. The Labute approximate surface area is 95.5 Å². The molecule has 0 aliphatic carbocycles. The molecule has 1 aromatic heterocycles. The lowest BCUT2D eigenvalue weighted by Crippen LogP contribution is -2.36. The number of nitrogens with two attached hydrogens (primary N) is 3. The Morgan fingerprint density at radius 3 is 2.38 bits per heavy atom. The summed E-state index contributed by atoms with van der Waals surface area (Å²) in [6, 6.07) is 0. The van der Waals surface area contributed by atoms with Gasteiger partial charge in [0, 0.05) is 0 Å². The molecule has 0 aliphatic heterocycles. The van der Waals surface area contributed by atoms with Crippen LogP contribution in [0.2, 0.25) is 5.15 Å². The van der Waals surface area contributed by atoms with E-state index in [1.165, 1.54) is 0 Å². The fraction of sp³-hybridized carbons (Fsp3) is 0. The van der Waals surface area contributed by atoms with Gasteiger partial charge in [0.1, 0.15) is 0 Å². The van der Waals surface area contributed by atoms with Crippen molar-refractivity contribution in [3.63, 3.8) is 0 Å². The SMILES string of the molecule is N.N=C(N)NC(=O)c1nc(Cl)c(N)nc1N. The molecule has 0 saturated carbocycles. The summed E-state index contributed by atoms with van der Waals surface area (Å²) >= 11 is 5.55. The van der Waals surface area contributed by atoms with Crippen molar-refractivity contribution < 1.29 is 4.79 Å². The molecular formula is C6H11ClN8O. The summed E-state index contributed by atoms with van der Waals surface area (Å²) in [6.45, 7) is 0. The first kappa shape index (κ1) is 13.9. The van der Waals surface area contributed by atoms with Crippen molar-refractivity contribution in [2.75, 3.05) is 11.5 Å². The number of anilines is 2. The molecule has 0 spiro atoms. The minimum absolute atomic E-state index is 0. The number of hydrogen-bond acceptors (Lipinski definition) is 7. The number of nitrogen functional groups attached to an aromatic ring is 2. The lowest BCUT2D eigenvalue weighted by molar-refractivity contribution is 0.0972. The van der Waals surface area contributed by atoms with Gasteiger partial charge in [0.2, 0.25) is 0 Å². The monoisotopic (exact) mass is 246 g/mol. The molecule has 0 radical (unpaired) electrons. The van der Waals surface area contributed by atoms with E-state index in [1.54, 1.807) is 0 Å². The fourth-order valence-corrected chi connectivity index (χ4v) is 0.917. The first-order chi connectivity index (χ1) is 6.91. The van der Waals surface area contributed by atoms with Gasteiger partial charge in [-0.25, -0.2) is 9.97 Å². The van der Waals surface area contributed by atoms with Gasteiger partial charge in [-0.15, -0.1) is 0 Å². The fourth-order valence-electron chi connectivity index (χ4n) is 0.790. The summed E-state index contributed by atoms with van der Waals surface area (Å²) in [5.41, 5.74) is 15.4. The van der Waals surface area contributed by atoms with E-state index in [9.17, 15) is 4.79 Å². The minimum atomic E-state index is -0.769. The van der Waals surface area contributed by atoms with Crippen molar-refractivity contribution in [3.8, 4) is 0 Å². The molecule has 1 aromatic rings. The number of nitrogens with one attached hydrogen (secondary N) is 2. The minimum Gasteiger partial charge on any atom is -0.382 e. The van der Waals surface area contributed by atoms with Crippen molar-refractivity contribution in [1.29, 1.82) is 5.41 Å². The molecule has 10 heteroatoms. The Bertz CT molecular complexity index is 433. The van der Waals surface area contributed by atoms with Crippen LogP contribution in [-0.4, -0.2) is 21.8 Å². The van der Waals surface area contributed by atoms with Crippen LogP contribution >= 0.6 is 11.6 Å². The molecule has 88 valence electrons. The van der Waals surface area contributed by atoms with Crippen molar-refractivity contribution in [1.82, 2.24) is 21.4 Å². The van der Waals surface area contributed by atoms with Crippen LogP contribution in [0.5, 0.6) is 0 Å². The highest BCUT2D eigenvalue weighted by Crippen LogP contribution is 2.16. The molecular weight excluding hydrogens is 236 g/mol. The Kier molecular flexibility index (Phi) is 4.41. The maximum absolute atomic E-state index is 11.3. The predicted octanol–water partition coefficient (Wildman–Crippen LogP) is -0.920. The zero-order valence-electron chi connectivity index (χ0n) is 8.12. The molecule has 0 saturated heterocycles. The molecule has 16 heavy (non-hydrogen) atoms. The number of hydrogen-bond donors (Lipinski definition) is 6. The summed E-state index contributed by atoms with van der Waals surface area (Å²) in [5, 5.41) is 8.69. The maximum Gasteiger partial charge on any atom is 0.280 e. The molecule has 1 rings (SSSR count). The number of amides is 1. The van der Waals surface area contributed by atoms with Gasteiger partial charge in [-0.1, -0.05) is 11.6 Å². The standard InChI is InChI=1S/C6H8ClN7O.H3N/c7-2-4(9)13-3(8)1(12-2)5(15)14-6(10)11;/h(H4,8,9,13)(H4,10,11,14,15);1H3. The van der Waals surface area contributed by atoms with Crippen LogP contribution < -0.4 is 28.7 Å². The van der Waals surface area contributed by atoms with E-state index in [4.69, 9.17) is 34.2 Å². The topological polar surface area (TPSA) is 192 Å². The van der Waals surface area contributed by atoms with E-state index in [0.717, 1.165) is 0 Å². The van der Waals surface area contributed by atoms with Crippen LogP contribution in [0.25, 0.3) is 0 Å². The highest BCUT2D eigenvalue weighted by molar-refractivity contribution is 6.31. The second kappa shape index (κ2) is 5.09. The van der Waals surface area contributed by atoms with Gasteiger partial charge in [-0.05, 0) is 0 Å². The van der Waals surface area contributed by atoms with Crippen molar-refractivity contribution in [3.05, 3.63) is 10.8 Å². The van der Waals surface area contributed by atoms with Crippen LogP contribution in [0, 0.1) is 5.41 Å².